The van der Waals surface area contributed by atoms with Crippen LogP contribution in [-0.2, 0) is 37.9 Å². The third-order valence-electron chi connectivity index (χ3n) is 18.3. The first-order valence-electron chi connectivity index (χ1n) is 23.8. The minimum absolute atomic E-state index is 0.134. The van der Waals surface area contributed by atoms with E-state index >= 15 is 0 Å². The number of aliphatic hydroxyl groups excluding tert-OH is 10. The van der Waals surface area contributed by atoms with Crippen molar-refractivity contribution >= 4 is 0 Å². The summed E-state index contributed by atoms with van der Waals surface area (Å²) in [5.74, 6) is 3.29. The molecule has 4 saturated carbocycles. The predicted octanol–water partition coefficient (Wildman–Crippen LogP) is -0.734. The van der Waals surface area contributed by atoms with Crippen LogP contribution in [0.2, 0.25) is 0 Å². The molecule has 5 aliphatic heterocycles. The van der Waals surface area contributed by atoms with Crippen molar-refractivity contribution in [3.63, 3.8) is 0 Å². The van der Waals surface area contributed by atoms with Gasteiger partial charge in [0.05, 0.1) is 38.6 Å². The lowest BCUT2D eigenvalue weighted by molar-refractivity contribution is -0.390. The summed E-state index contributed by atoms with van der Waals surface area (Å²) in [7, 11) is 0. The quantitative estimate of drug-likeness (QED) is 0.128. The second kappa shape index (κ2) is 18.0. The van der Waals surface area contributed by atoms with Crippen LogP contribution in [0.1, 0.15) is 91.9 Å². The molecule has 0 amide bonds. The summed E-state index contributed by atoms with van der Waals surface area (Å²) in [6, 6.07) is 0. The lowest BCUT2D eigenvalue weighted by atomic mass is 9.44. The summed E-state index contributed by atoms with van der Waals surface area (Å²) in [5, 5.41) is 106. The Bertz CT molecular complexity index is 1570. The fourth-order valence-electron chi connectivity index (χ4n) is 14.7. The van der Waals surface area contributed by atoms with Crippen LogP contribution in [0, 0.1) is 52.3 Å². The van der Waals surface area contributed by atoms with Gasteiger partial charge in [-0.3, -0.25) is 0 Å². The van der Waals surface area contributed by atoms with E-state index in [1.54, 1.807) is 0 Å². The molecule has 1 spiro atoms. The SMILES string of the molecule is CC1CC[C@@]2(OC1)OC1CC3C4CC[C@H]5CC(OC6OC(CO)C(OC7OC(CO)C(O)C(O)C7OC7OC(CO)C(O)C(O)C7O)C(O)C6O)CCC5(C)C4CCC3(C)C1[C@@H]2C. The van der Waals surface area contributed by atoms with Crippen molar-refractivity contribution in [1.29, 1.82) is 0 Å². The van der Waals surface area contributed by atoms with Crippen molar-refractivity contribution in [2.45, 2.75) is 202 Å². The molecule has 0 radical (unpaired) electrons. The predicted molar refractivity (Wildman–Crippen MR) is 216 cm³/mol. The van der Waals surface area contributed by atoms with Gasteiger partial charge in [0, 0.05) is 12.3 Å². The van der Waals surface area contributed by atoms with Gasteiger partial charge in [-0.15, -0.1) is 0 Å². The zero-order valence-electron chi connectivity index (χ0n) is 37.0. The fraction of sp³-hybridized carbons (Fsp3) is 1.00. The zero-order chi connectivity index (χ0) is 44.9. The summed E-state index contributed by atoms with van der Waals surface area (Å²) in [5.41, 5.74) is 0.364. The number of fused-ring (bicyclic) bond motifs is 7. The van der Waals surface area contributed by atoms with Crippen LogP contribution < -0.4 is 0 Å². The van der Waals surface area contributed by atoms with Gasteiger partial charge in [-0.25, -0.2) is 0 Å². The van der Waals surface area contributed by atoms with E-state index < -0.39 is 118 Å². The number of ether oxygens (including phenoxy) is 8. The Balaban J connectivity index is 0.833. The molecular formula is C45H74O18. The number of rotatable bonds is 9. The topological polar surface area (TPSA) is 276 Å². The molecule has 9 aliphatic rings. The Morgan fingerprint density at radius 3 is 1.84 bits per heavy atom. The van der Waals surface area contributed by atoms with Gasteiger partial charge in [-0.05, 0) is 104 Å². The molecular weight excluding hydrogens is 828 g/mol. The summed E-state index contributed by atoms with van der Waals surface area (Å²) >= 11 is 0. The molecule has 9 fully saturated rings. The molecule has 63 heavy (non-hydrogen) atoms. The first-order chi connectivity index (χ1) is 30.0. The van der Waals surface area contributed by atoms with Crippen molar-refractivity contribution < 1.29 is 89.0 Å². The third kappa shape index (κ3) is 7.88. The van der Waals surface area contributed by atoms with Gasteiger partial charge < -0.3 is 89.0 Å². The van der Waals surface area contributed by atoms with Gasteiger partial charge >= 0.3 is 0 Å². The molecule has 362 valence electrons. The molecule has 24 unspecified atom stereocenters. The van der Waals surface area contributed by atoms with Gasteiger partial charge in [0.15, 0.2) is 24.7 Å². The Morgan fingerprint density at radius 1 is 0.556 bits per heavy atom. The molecule has 18 nitrogen and oxygen atoms in total. The number of aliphatic hydroxyl groups is 10. The highest BCUT2D eigenvalue weighted by atomic mass is 16.8. The van der Waals surface area contributed by atoms with Gasteiger partial charge in [-0.2, -0.15) is 0 Å². The molecule has 10 N–H and O–H groups in total. The molecule has 5 heterocycles. The number of hydrogen-bond donors (Lipinski definition) is 10. The summed E-state index contributed by atoms with van der Waals surface area (Å²) in [6.45, 7) is 8.23. The largest absolute Gasteiger partial charge is 0.394 e. The highest BCUT2D eigenvalue weighted by Gasteiger charge is 2.69. The fourth-order valence-corrected chi connectivity index (χ4v) is 14.7. The summed E-state index contributed by atoms with van der Waals surface area (Å²) < 4.78 is 49.0. The van der Waals surface area contributed by atoms with Gasteiger partial charge in [0.25, 0.3) is 0 Å². The van der Waals surface area contributed by atoms with E-state index in [-0.39, 0.29) is 23.0 Å². The maximum atomic E-state index is 11.5. The highest BCUT2D eigenvalue weighted by molar-refractivity contribution is 5.15. The average Bonchev–Trinajstić information content (AvgIpc) is 3.72. The van der Waals surface area contributed by atoms with Crippen LogP contribution in [0.25, 0.3) is 0 Å². The van der Waals surface area contributed by atoms with E-state index in [9.17, 15) is 51.1 Å². The Hall–Kier alpha value is -0.720. The van der Waals surface area contributed by atoms with Crippen LogP contribution >= 0.6 is 0 Å². The van der Waals surface area contributed by atoms with Gasteiger partial charge in [0.2, 0.25) is 0 Å². The minimum Gasteiger partial charge on any atom is -0.394 e. The minimum atomic E-state index is -1.89. The molecule has 9 rings (SSSR count). The lowest BCUT2D eigenvalue weighted by Crippen LogP contribution is -2.67. The van der Waals surface area contributed by atoms with Crippen molar-refractivity contribution in [3.8, 4) is 0 Å². The van der Waals surface area contributed by atoms with E-state index in [4.69, 9.17) is 37.9 Å². The first kappa shape index (κ1) is 47.4. The van der Waals surface area contributed by atoms with E-state index in [0.29, 0.717) is 41.4 Å². The van der Waals surface area contributed by atoms with Gasteiger partial charge in [-0.1, -0.05) is 27.7 Å². The maximum Gasteiger partial charge on any atom is 0.187 e. The van der Waals surface area contributed by atoms with Crippen LogP contribution in [0.4, 0.5) is 0 Å². The van der Waals surface area contributed by atoms with Crippen molar-refractivity contribution in [2.75, 3.05) is 26.4 Å². The van der Waals surface area contributed by atoms with Crippen LogP contribution in [-0.4, -0.2) is 188 Å². The van der Waals surface area contributed by atoms with E-state index in [0.717, 1.165) is 58.0 Å². The summed E-state index contributed by atoms with van der Waals surface area (Å²) in [6.07, 6.45) is -14.2. The summed E-state index contributed by atoms with van der Waals surface area (Å²) in [4.78, 5) is 0. The average molecular weight is 903 g/mol. The molecule has 0 aromatic heterocycles. The van der Waals surface area contributed by atoms with Crippen molar-refractivity contribution in [3.05, 3.63) is 0 Å². The molecule has 5 saturated heterocycles. The lowest BCUT2D eigenvalue weighted by Gasteiger charge is -2.61. The third-order valence-corrected chi connectivity index (χ3v) is 18.3. The molecule has 0 aromatic carbocycles. The molecule has 0 aromatic rings. The van der Waals surface area contributed by atoms with Crippen LogP contribution in [0.3, 0.4) is 0 Å². The first-order valence-corrected chi connectivity index (χ1v) is 23.8. The maximum absolute atomic E-state index is 11.5. The van der Waals surface area contributed by atoms with Gasteiger partial charge in [0.1, 0.15) is 73.2 Å². The standard InChI is InChI=1S/C45H74O18/c1-19-7-12-45(56-18-19)20(2)30-26(63-45)14-25-23-6-5-21-13-22(8-10-43(21,3)24(23)9-11-44(25,30)4)57-40-37(55)35(53)38(29(17-48)60-40)61-42-39(34(52)32(50)28(16-47)59-42)62-41-36(54)33(51)31(49)27(15-46)58-41/h19-42,46-55H,5-18H2,1-4H3/t19?,20-,21-,22?,23?,24?,25?,26?,27?,28?,29?,30?,31?,32?,33?,34?,35?,36?,37?,38?,39?,40?,41?,42?,43?,44?,45+/m0/s1. The molecule has 4 aliphatic carbocycles. The molecule has 0 bridgehead atoms. The number of hydrogen-bond acceptors (Lipinski definition) is 18. The molecule has 18 heteroatoms. The normalized spacial score (nSPS) is 58.2. The Kier molecular flexibility index (Phi) is 13.5. The van der Waals surface area contributed by atoms with E-state index in [1.165, 1.54) is 12.8 Å². The van der Waals surface area contributed by atoms with Crippen molar-refractivity contribution in [1.82, 2.24) is 0 Å². The Morgan fingerprint density at radius 2 is 1.16 bits per heavy atom. The van der Waals surface area contributed by atoms with Crippen LogP contribution in [0.15, 0.2) is 0 Å². The smallest absolute Gasteiger partial charge is 0.187 e. The monoisotopic (exact) mass is 902 g/mol. The van der Waals surface area contributed by atoms with Crippen molar-refractivity contribution in [2.24, 2.45) is 52.3 Å². The molecule has 27 atom stereocenters. The Labute approximate surface area is 369 Å². The second-order valence-corrected chi connectivity index (χ2v) is 21.5. The van der Waals surface area contributed by atoms with Crippen LogP contribution in [0.5, 0.6) is 0 Å². The zero-order valence-corrected chi connectivity index (χ0v) is 37.0. The van der Waals surface area contributed by atoms with E-state index in [2.05, 4.69) is 27.7 Å². The second-order valence-electron chi connectivity index (χ2n) is 21.5. The highest BCUT2D eigenvalue weighted by Crippen LogP contribution is 2.71. The van der Waals surface area contributed by atoms with E-state index in [1.807, 2.05) is 0 Å².